The number of hydrogen-bond donors (Lipinski definition) is 2. The molecule has 126 valence electrons. The molecule has 0 spiro atoms. The minimum absolute atomic E-state index is 0.104. The summed E-state index contributed by atoms with van der Waals surface area (Å²) in [5, 5.41) is 8.31. The third kappa shape index (κ3) is 4.38. The Morgan fingerprint density at radius 2 is 1.76 bits per heavy atom. The molecular formula is C21H20N2O2. The van der Waals surface area contributed by atoms with E-state index in [1.165, 1.54) is 0 Å². The lowest BCUT2D eigenvalue weighted by Gasteiger charge is -2.11. The number of anilines is 2. The molecular weight excluding hydrogens is 312 g/mol. The van der Waals surface area contributed by atoms with Gasteiger partial charge in [-0.3, -0.25) is 4.79 Å². The van der Waals surface area contributed by atoms with Gasteiger partial charge in [0.05, 0.1) is 6.54 Å². The highest BCUT2D eigenvalue weighted by Crippen LogP contribution is 2.22. The molecule has 0 heterocycles. The minimum atomic E-state index is -0.104. The molecule has 0 saturated carbocycles. The van der Waals surface area contributed by atoms with Crippen molar-refractivity contribution >= 4 is 28.1 Å². The average Bonchev–Trinajstić information content (AvgIpc) is 2.66. The summed E-state index contributed by atoms with van der Waals surface area (Å²) in [4.78, 5) is 12.2. The second-order valence-electron chi connectivity index (χ2n) is 5.55. The van der Waals surface area contributed by atoms with Crippen LogP contribution in [-0.4, -0.2) is 19.1 Å². The molecule has 0 unspecified atom stereocenters. The maximum atomic E-state index is 12.2. The van der Waals surface area contributed by atoms with E-state index in [1.54, 1.807) is 6.08 Å². The Hall–Kier alpha value is -3.27. The Kier molecular flexibility index (Phi) is 5.32. The van der Waals surface area contributed by atoms with Gasteiger partial charge in [-0.05, 0) is 35.7 Å². The molecule has 3 aromatic carbocycles. The molecule has 0 atom stereocenters. The van der Waals surface area contributed by atoms with Crippen molar-refractivity contribution in [1.29, 1.82) is 0 Å². The van der Waals surface area contributed by atoms with Crippen LogP contribution < -0.4 is 15.4 Å². The van der Waals surface area contributed by atoms with Crippen LogP contribution in [0, 0.1) is 0 Å². The van der Waals surface area contributed by atoms with Gasteiger partial charge in [0.1, 0.15) is 12.4 Å². The summed E-state index contributed by atoms with van der Waals surface area (Å²) in [6, 6.07) is 21.3. The number of rotatable bonds is 7. The lowest BCUT2D eigenvalue weighted by molar-refractivity contribution is -0.114. The molecule has 25 heavy (non-hydrogen) atoms. The van der Waals surface area contributed by atoms with E-state index in [9.17, 15) is 4.79 Å². The number of ether oxygens (including phenoxy) is 1. The molecule has 4 heteroatoms. The molecule has 3 rings (SSSR count). The van der Waals surface area contributed by atoms with E-state index in [0.717, 1.165) is 27.9 Å². The molecule has 4 nitrogen and oxygen atoms in total. The molecule has 3 aromatic rings. The standard InChI is InChI=1S/C21H20N2O2/c1-2-14-25-18-12-10-17(11-13-18)23-21(24)15-22-20-9-5-7-16-6-3-4-8-19(16)20/h2-13,22H,1,14-15H2,(H,23,24). The Morgan fingerprint density at radius 1 is 1.00 bits per heavy atom. The van der Waals surface area contributed by atoms with E-state index in [4.69, 9.17) is 4.74 Å². The Labute approximate surface area is 147 Å². The van der Waals surface area contributed by atoms with Crippen LogP contribution in [0.2, 0.25) is 0 Å². The Bertz CT molecular complexity index is 867. The molecule has 0 aliphatic carbocycles. The average molecular weight is 332 g/mol. The number of carbonyl (C=O) groups is 1. The number of fused-ring (bicyclic) bond motifs is 1. The monoisotopic (exact) mass is 332 g/mol. The fourth-order valence-corrected chi connectivity index (χ4v) is 2.55. The first-order valence-corrected chi connectivity index (χ1v) is 8.11. The Morgan fingerprint density at radius 3 is 2.56 bits per heavy atom. The minimum Gasteiger partial charge on any atom is -0.490 e. The van der Waals surface area contributed by atoms with E-state index in [1.807, 2.05) is 54.6 Å². The number of benzene rings is 3. The lowest BCUT2D eigenvalue weighted by atomic mass is 10.1. The third-order valence-electron chi connectivity index (χ3n) is 3.73. The van der Waals surface area contributed by atoms with E-state index < -0.39 is 0 Å². The normalized spacial score (nSPS) is 10.2. The summed E-state index contributed by atoms with van der Waals surface area (Å²) >= 11 is 0. The van der Waals surface area contributed by atoms with Crippen molar-refractivity contribution in [2.45, 2.75) is 0 Å². The van der Waals surface area contributed by atoms with Gasteiger partial charge in [0.15, 0.2) is 0 Å². The van der Waals surface area contributed by atoms with Crippen LogP contribution in [0.1, 0.15) is 0 Å². The van der Waals surface area contributed by atoms with Crippen molar-refractivity contribution in [3.05, 3.63) is 79.4 Å². The van der Waals surface area contributed by atoms with Crippen LogP contribution in [0.4, 0.5) is 11.4 Å². The van der Waals surface area contributed by atoms with E-state index >= 15 is 0 Å². The van der Waals surface area contributed by atoms with E-state index in [0.29, 0.717) is 6.61 Å². The molecule has 0 aromatic heterocycles. The second kappa shape index (κ2) is 8.02. The highest BCUT2D eigenvalue weighted by Gasteiger charge is 2.05. The molecule has 0 fully saturated rings. The van der Waals surface area contributed by atoms with Crippen molar-refractivity contribution in [3.63, 3.8) is 0 Å². The number of hydrogen-bond acceptors (Lipinski definition) is 3. The number of amides is 1. The maximum Gasteiger partial charge on any atom is 0.243 e. The van der Waals surface area contributed by atoms with Gasteiger partial charge in [0.25, 0.3) is 0 Å². The summed E-state index contributed by atoms with van der Waals surface area (Å²) in [6.45, 7) is 4.26. The molecule has 1 amide bonds. The van der Waals surface area contributed by atoms with Crippen LogP contribution >= 0.6 is 0 Å². The van der Waals surface area contributed by atoms with Crippen molar-refractivity contribution in [2.24, 2.45) is 0 Å². The summed E-state index contributed by atoms with van der Waals surface area (Å²) in [6.07, 6.45) is 1.69. The van der Waals surface area contributed by atoms with Gasteiger partial charge < -0.3 is 15.4 Å². The highest BCUT2D eigenvalue weighted by atomic mass is 16.5. The number of carbonyl (C=O) groups excluding carboxylic acids is 1. The highest BCUT2D eigenvalue weighted by molar-refractivity contribution is 5.97. The van der Waals surface area contributed by atoms with Gasteiger partial charge in [-0.25, -0.2) is 0 Å². The smallest absolute Gasteiger partial charge is 0.243 e. The largest absolute Gasteiger partial charge is 0.490 e. The van der Waals surface area contributed by atoms with Crippen LogP contribution in [-0.2, 0) is 4.79 Å². The fourth-order valence-electron chi connectivity index (χ4n) is 2.55. The van der Waals surface area contributed by atoms with Gasteiger partial charge in [-0.1, -0.05) is 49.1 Å². The van der Waals surface area contributed by atoms with Crippen molar-refractivity contribution < 1.29 is 9.53 Å². The van der Waals surface area contributed by atoms with Gasteiger partial charge in [-0.15, -0.1) is 0 Å². The third-order valence-corrected chi connectivity index (χ3v) is 3.73. The molecule has 0 aliphatic rings. The number of nitrogens with one attached hydrogen (secondary N) is 2. The fraction of sp³-hybridized carbons (Fsp3) is 0.0952. The molecule has 0 saturated heterocycles. The van der Waals surface area contributed by atoms with E-state index in [-0.39, 0.29) is 12.5 Å². The topological polar surface area (TPSA) is 50.4 Å². The van der Waals surface area contributed by atoms with Crippen LogP contribution in [0.5, 0.6) is 5.75 Å². The van der Waals surface area contributed by atoms with Crippen molar-refractivity contribution in [1.82, 2.24) is 0 Å². The summed E-state index contributed by atoms with van der Waals surface area (Å²) in [5.74, 6) is 0.638. The van der Waals surface area contributed by atoms with Crippen LogP contribution in [0.15, 0.2) is 79.4 Å². The maximum absolute atomic E-state index is 12.2. The first-order valence-electron chi connectivity index (χ1n) is 8.11. The zero-order valence-corrected chi connectivity index (χ0v) is 13.9. The summed E-state index contributed by atoms with van der Waals surface area (Å²) in [5.41, 5.74) is 1.68. The quantitative estimate of drug-likeness (QED) is 0.628. The summed E-state index contributed by atoms with van der Waals surface area (Å²) in [7, 11) is 0. The van der Waals surface area contributed by atoms with Crippen LogP contribution in [0.3, 0.4) is 0 Å². The second-order valence-corrected chi connectivity index (χ2v) is 5.55. The zero-order valence-electron chi connectivity index (χ0n) is 13.9. The van der Waals surface area contributed by atoms with Crippen molar-refractivity contribution in [2.75, 3.05) is 23.8 Å². The lowest BCUT2D eigenvalue weighted by Crippen LogP contribution is -2.21. The van der Waals surface area contributed by atoms with Gasteiger partial charge in [0.2, 0.25) is 5.91 Å². The Balaban J connectivity index is 1.58. The summed E-state index contributed by atoms with van der Waals surface area (Å²) < 4.78 is 5.42. The zero-order chi connectivity index (χ0) is 17.5. The molecule has 0 bridgehead atoms. The van der Waals surface area contributed by atoms with Gasteiger partial charge in [-0.2, -0.15) is 0 Å². The predicted octanol–water partition coefficient (Wildman–Crippen LogP) is 4.46. The van der Waals surface area contributed by atoms with Crippen LogP contribution in [0.25, 0.3) is 10.8 Å². The van der Waals surface area contributed by atoms with Crippen molar-refractivity contribution in [3.8, 4) is 5.75 Å². The molecule has 0 radical (unpaired) electrons. The SMILES string of the molecule is C=CCOc1ccc(NC(=O)CNc2cccc3ccccc23)cc1. The molecule has 0 aliphatic heterocycles. The van der Waals surface area contributed by atoms with Gasteiger partial charge in [0, 0.05) is 16.8 Å². The first-order chi connectivity index (χ1) is 12.3. The molecule has 2 N–H and O–H groups in total. The first kappa shape index (κ1) is 16.6. The van der Waals surface area contributed by atoms with Gasteiger partial charge >= 0.3 is 0 Å². The predicted molar refractivity (Wildman–Crippen MR) is 103 cm³/mol. The van der Waals surface area contributed by atoms with E-state index in [2.05, 4.69) is 29.3 Å².